The SMILES string of the molecule is Fc1cc(NCCc2ccsc2)cc(F)c1F. The van der Waals surface area contributed by atoms with Gasteiger partial charge >= 0.3 is 0 Å². The molecule has 0 aliphatic rings. The molecule has 1 nitrogen and oxygen atoms in total. The average molecular weight is 257 g/mol. The van der Waals surface area contributed by atoms with Gasteiger partial charge in [-0.05, 0) is 28.8 Å². The van der Waals surface area contributed by atoms with Crippen molar-refractivity contribution in [3.63, 3.8) is 0 Å². The maximum atomic E-state index is 12.9. The summed E-state index contributed by atoms with van der Waals surface area (Å²) in [4.78, 5) is 0. The van der Waals surface area contributed by atoms with E-state index < -0.39 is 17.5 Å². The van der Waals surface area contributed by atoms with E-state index in [4.69, 9.17) is 0 Å². The molecule has 0 atom stereocenters. The van der Waals surface area contributed by atoms with Crippen LogP contribution < -0.4 is 5.32 Å². The van der Waals surface area contributed by atoms with Gasteiger partial charge in [0, 0.05) is 24.4 Å². The van der Waals surface area contributed by atoms with Crippen LogP contribution in [-0.2, 0) is 6.42 Å². The van der Waals surface area contributed by atoms with E-state index in [-0.39, 0.29) is 5.69 Å². The van der Waals surface area contributed by atoms with Crippen molar-refractivity contribution >= 4 is 17.0 Å². The van der Waals surface area contributed by atoms with Crippen molar-refractivity contribution < 1.29 is 13.2 Å². The molecule has 90 valence electrons. The standard InChI is InChI=1S/C12H10F3NS/c13-10-5-9(6-11(14)12(10)15)16-3-1-8-2-4-17-7-8/h2,4-7,16H,1,3H2. The summed E-state index contributed by atoms with van der Waals surface area (Å²) in [6.45, 7) is 0.543. The molecule has 0 bridgehead atoms. The molecule has 1 heterocycles. The molecular weight excluding hydrogens is 247 g/mol. The monoisotopic (exact) mass is 257 g/mol. The van der Waals surface area contributed by atoms with Gasteiger partial charge in [0.15, 0.2) is 17.5 Å². The summed E-state index contributed by atoms with van der Waals surface area (Å²) in [6.07, 6.45) is 0.754. The molecule has 17 heavy (non-hydrogen) atoms. The highest BCUT2D eigenvalue weighted by Crippen LogP contribution is 2.17. The molecule has 0 aliphatic carbocycles. The van der Waals surface area contributed by atoms with E-state index in [2.05, 4.69) is 5.32 Å². The van der Waals surface area contributed by atoms with Gasteiger partial charge in [0.2, 0.25) is 0 Å². The van der Waals surface area contributed by atoms with Crippen LogP contribution in [0.15, 0.2) is 29.0 Å². The molecule has 1 aromatic heterocycles. The summed E-state index contributed by atoms with van der Waals surface area (Å²) in [5, 5.41) is 6.82. The zero-order chi connectivity index (χ0) is 12.3. The first kappa shape index (κ1) is 12.0. The van der Waals surface area contributed by atoms with Gasteiger partial charge in [-0.1, -0.05) is 0 Å². The number of benzene rings is 1. The van der Waals surface area contributed by atoms with E-state index in [9.17, 15) is 13.2 Å². The zero-order valence-corrected chi connectivity index (χ0v) is 9.66. The Bertz CT molecular complexity index is 473. The summed E-state index contributed by atoms with van der Waals surface area (Å²) in [7, 11) is 0. The Morgan fingerprint density at radius 2 is 1.82 bits per heavy atom. The Kier molecular flexibility index (Phi) is 3.68. The molecule has 1 aromatic carbocycles. The van der Waals surface area contributed by atoms with Gasteiger partial charge in [0.05, 0.1) is 0 Å². The minimum Gasteiger partial charge on any atom is -0.385 e. The van der Waals surface area contributed by atoms with Gasteiger partial charge in [0.1, 0.15) is 0 Å². The Balaban J connectivity index is 1.95. The van der Waals surface area contributed by atoms with Gasteiger partial charge in [-0.25, -0.2) is 13.2 Å². The highest BCUT2D eigenvalue weighted by Gasteiger charge is 2.09. The van der Waals surface area contributed by atoms with Crippen LogP contribution in [0.1, 0.15) is 5.56 Å². The molecule has 5 heteroatoms. The Hall–Kier alpha value is -1.49. The topological polar surface area (TPSA) is 12.0 Å². The Labute approximate surface area is 101 Å². The van der Waals surface area contributed by atoms with Gasteiger partial charge in [-0.2, -0.15) is 11.3 Å². The second kappa shape index (κ2) is 5.23. The lowest BCUT2D eigenvalue weighted by Crippen LogP contribution is -2.05. The number of halogens is 3. The normalized spacial score (nSPS) is 10.5. The lowest BCUT2D eigenvalue weighted by molar-refractivity contribution is 0.447. The van der Waals surface area contributed by atoms with E-state index in [1.54, 1.807) is 11.3 Å². The number of hydrogen-bond acceptors (Lipinski definition) is 2. The van der Waals surface area contributed by atoms with Crippen LogP contribution in [0, 0.1) is 17.5 Å². The highest BCUT2D eigenvalue weighted by molar-refractivity contribution is 7.07. The minimum absolute atomic E-state index is 0.247. The summed E-state index contributed by atoms with van der Waals surface area (Å²) >= 11 is 1.60. The fourth-order valence-electron chi connectivity index (χ4n) is 1.44. The third-order valence-electron chi connectivity index (χ3n) is 2.31. The van der Waals surface area contributed by atoms with Crippen LogP contribution in [-0.4, -0.2) is 6.54 Å². The predicted octanol–water partition coefficient (Wildman–Crippen LogP) is 3.82. The molecule has 0 amide bonds. The molecule has 0 spiro atoms. The molecule has 1 N–H and O–H groups in total. The van der Waals surface area contributed by atoms with Crippen LogP contribution >= 0.6 is 11.3 Å². The molecule has 2 rings (SSSR count). The third-order valence-corrected chi connectivity index (χ3v) is 3.04. The average Bonchev–Trinajstić information content (AvgIpc) is 2.79. The first-order chi connectivity index (χ1) is 8.16. The lowest BCUT2D eigenvalue weighted by Gasteiger charge is -2.06. The summed E-state index contributed by atoms with van der Waals surface area (Å²) in [5.74, 6) is -3.79. The van der Waals surface area contributed by atoms with Crippen molar-refractivity contribution in [3.8, 4) is 0 Å². The smallest absolute Gasteiger partial charge is 0.194 e. The van der Waals surface area contributed by atoms with E-state index in [0.717, 1.165) is 24.1 Å². The number of hydrogen-bond donors (Lipinski definition) is 1. The van der Waals surface area contributed by atoms with Crippen LogP contribution in [0.25, 0.3) is 0 Å². The number of anilines is 1. The molecule has 2 aromatic rings. The largest absolute Gasteiger partial charge is 0.385 e. The van der Waals surface area contributed by atoms with Crippen LogP contribution in [0.2, 0.25) is 0 Å². The van der Waals surface area contributed by atoms with Crippen molar-refractivity contribution in [3.05, 3.63) is 52.0 Å². The highest BCUT2D eigenvalue weighted by atomic mass is 32.1. The number of rotatable bonds is 4. The van der Waals surface area contributed by atoms with Crippen LogP contribution in [0.4, 0.5) is 18.9 Å². The predicted molar refractivity (Wildman–Crippen MR) is 62.8 cm³/mol. The fraction of sp³-hybridized carbons (Fsp3) is 0.167. The molecule has 0 unspecified atom stereocenters. The molecule has 0 radical (unpaired) electrons. The first-order valence-electron chi connectivity index (χ1n) is 5.06. The Morgan fingerprint density at radius 3 is 2.41 bits per heavy atom. The molecule has 0 fully saturated rings. The zero-order valence-electron chi connectivity index (χ0n) is 8.84. The second-order valence-electron chi connectivity index (χ2n) is 3.56. The quantitative estimate of drug-likeness (QED) is 0.821. The van der Waals surface area contributed by atoms with Crippen molar-refractivity contribution in [2.75, 3.05) is 11.9 Å². The molecule has 0 aliphatic heterocycles. The third kappa shape index (κ3) is 3.00. The van der Waals surface area contributed by atoms with Crippen LogP contribution in [0.5, 0.6) is 0 Å². The second-order valence-corrected chi connectivity index (χ2v) is 4.34. The van der Waals surface area contributed by atoms with Gasteiger partial charge in [0.25, 0.3) is 0 Å². The van der Waals surface area contributed by atoms with Gasteiger partial charge in [-0.3, -0.25) is 0 Å². The van der Waals surface area contributed by atoms with Gasteiger partial charge in [-0.15, -0.1) is 0 Å². The number of thiophene rings is 1. The maximum Gasteiger partial charge on any atom is 0.194 e. The molecule has 0 saturated carbocycles. The van der Waals surface area contributed by atoms with E-state index in [0.29, 0.717) is 6.54 Å². The van der Waals surface area contributed by atoms with Crippen molar-refractivity contribution in [1.82, 2.24) is 0 Å². The van der Waals surface area contributed by atoms with Crippen molar-refractivity contribution in [1.29, 1.82) is 0 Å². The molecule has 0 saturated heterocycles. The minimum atomic E-state index is -1.44. The lowest BCUT2D eigenvalue weighted by atomic mass is 10.2. The summed E-state index contributed by atoms with van der Waals surface area (Å²) in [6, 6.07) is 3.89. The van der Waals surface area contributed by atoms with Gasteiger partial charge < -0.3 is 5.32 Å². The van der Waals surface area contributed by atoms with Crippen molar-refractivity contribution in [2.24, 2.45) is 0 Å². The van der Waals surface area contributed by atoms with E-state index in [1.807, 2.05) is 16.8 Å². The molecular formula is C12H10F3NS. The van der Waals surface area contributed by atoms with Crippen LogP contribution in [0.3, 0.4) is 0 Å². The summed E-state index contributed by atoms with van der Waals surface area (Å²) in [5.41, 5.74) is 1.40. The summed E-state index contributed by atoms with van der Waals surface area (Å²) < 4.78 is 38.5. The van der Waals surface area contributed by atoms with E-state index in [1.165, 1.54) is 0 Å². The number of nitrogens with one attached hydrogen (secondary N) is 1. The maximum absolute atomic E-state index is 12.9. The van der Waals surface area contributed by atoms with Crippen molar-refractivity contribution in [2.45, 2.75) is 6.42 Å². The Morgan fingerprint density at radius 1 is 1.12 bits per heavy atom. The first-order valence-corrected chi connectivity index (χ1v) is 6.00. The fourth-order valence-corrected chi connectivity index (χ4v) is 2.15. The van der Waals surface area contributed by atoms with E-state index >= 15 is 0 Å².